The van der Waals surface area contributed by atoms with E-state index in [1.54, 1.807) is 13.2 Å². The van der Waals surface area contributed by atoms with E-state index in [1.807, 2.05) is 0 Å². The molecule has 2 rings (SSSR count). The summed E-state index contributed by atoms with van der Waals surface area (Å²) in [4.78, 5) is 7.96. The molecule has 0 amide bonds. The fraction of sp³-hybridized carbons (Fsp3) is 0.333. The summed E-state index contributed by atoms with van der Waals surface area (Å²) >= 11 is 5.82. The number of aryl methyl sites for hydroxylation is 2. The highest BCUT2D eigenvalue weighted by atomic mass is 35.5. The van der Waals surface area contributed by atoms with E-state index < -0.39 is 0 Å². The predicted octanol–water partition coefficient (Wildman–Crippen LogP) is 3.41. The Morgan fingerprint density at radius 2 is 1.90 bits per heavy atom. The summed E-state index contributed by atoms with van der Waals surface area (Å²) in [5, 5.41) is 3.66. The number of hydrogen-bond donors (Lipinski definition) is 1. The third-order valence-corrected chi connectivity index (χ3v) is 3.44. The number of ether oxygens (including phenoxy) is 1. The van der Waals surface area contributed by atoms with Crippen molar-refractivity contribution < 1.29 is 4.74 Å². The summed E-state index contributed by atoms with van der Waals surface area (Å²) in [5.74, 6) is 1.66. The Bertz CT molecular complexity index is 602. The molecule has 20 heavy (non-hydrogen) atoms. The maximum atomic E-state index is 5.82. The molecule has 0 saturated heterocycles. The Labute approximate surface area is 124 Å². The van der Waals surface area contributed by atoms with E-state index in [-0.39, 0.29) is 0 Å². The number of anilines is 1. The Kier molecular flexibility index (Phi) is 4.79. The van der Waals surface area contributed by atoms with E-state index in [1.165, 1.54) is 23.0 Å². The number of aromatic nitrogens is 2. The van der Waals surface area contributed by atoms with Crippen LogP contribution in [0.3, 0.4) is 0 Å². The van der Waals surface area contributed by atoms with Gasteiger partial charge in [-0.15, -0.1) is 0 Å². The second-order valence-corrected chi connectivity index (χ2v) is 5.04. The average Bonchev–Trinajstić information content (AvgIpc) is 2.42. The summed E-state index contributed by atoms with van der Waals surface area (Å²) in [6, 6.07) is 5.95. The summed E-state index contributed by atoms with van der Waals surface area (Å²) in [7, 11) is 1.70. The highest BCUT2D eigenvalue weighted by Crippen LogP contribution is 2.23. The highest BCUT2D eigenvalue weighted by Gasteiger charge is 2.06. The van der Waals surface area contributed by atoms with Crippen LogP contribution in [-0.2, 0) is 6.42 Å². The van der Waals surface area contributed by atoms with Crippen molar-refractivity contribution in [3.05, 3.63) is 46.4 Å². The molecule has 0 atom stereocenters. The van der Waals surface area contributed by atoms with Gasteiger partial charge in [0, 0.05) is 12.6 Å². The normalized spacial score (nSPS) is 10.4. The van der Waals surface area contributed by atoms with Crippen LogP contribution >= 0.6 is 11.6 Å². The first kappa shape index (κ1) is 14.6. The van der Waals surface area contributed by atoms with E-state index in [4.69, 9.17) is 16.3 Å². The van der Waals surface area contributed by atoms with E-state index >= 15 is 0 Å². The van der Waals surface area contributed by atoms with Crippen LogP contribution in [0.15, 0.2) is 24.5 Å². The van der Waals surface area contributed by atoms with Gasteiger partial charge in [-0.1, -0.05) is 17.7 Å². The topological polar surface area (TPSA) is 47.0 Å². The second-order valence-electron chi connectivity index (χ2n) is 4.65. The number of benzene rings is 1. The first-order valence-electron chi connectivity index (χ1n) is 6.45. The number of hydrogen-bond acceptors (Lipinski definition) is 4. The van der Waals surface area contributed by atoms with E-state index in [0.717, 1.165) is 24.5 Å². The van der Waals surface area contributed by atoms with E-state index in [9.17, 15) is 0 Å². The Morgan fingerprint density at radius 3 is 2.60 bits per heavy atom. The summed E-state index contributed by atoms with van der Waals surface area (Å²) < 4.78 is 5.43. The molecule has 2 aromatic rings. The second kappa shape index (κ2) is 6.57. The number of rotatable bonds is 5. The number of methoxy groups -OCH3 is 1. The van der Waals surface area contributed by atoms with Gasteiger partial charge in [-0.3, -0.25) is 0 Å². The van der Waals surface area contributed by atoms with Crippen molar-refractivity contribution in [3.8, 4) is 5.75 Å². The third kappa shape index (κ3) is 3.61. The predicted molar refractivity (Wildman–Crippen MR) is 81.7 cm³/mol. The molecule has 0 aliphatic carbocycles. The van der Waals surface area contributed by atoms with Gasteiger partial charge in [-0.25, -0.2) is 9.97 Å². The molecule has 1 N–H and O–H groups in total. The zero-order valence-electron chi connectivity index (χ0n) is 11.9. The molecule has 106 valence electrons. The SMILES string of the molecule is COc1cc(C)c(C)cc1CCNc1cc(Cl)ncn1. The van der Waals surface area contributed by atoms with Crippen LogP contribution in [0, 0.1) is 13.8 Å². The lowest BCUT2D eigenvalue weighted by molar-refractivity contribution is 0.409. The lowest BCUT2D eigenvalue weighted by Gasteiger charge is -2.12. The van der Waals surface area contributed by atoms with Crippen molar-refractivity contribution in [1.29, 1.82) is 0 Å². The maximum Gasteiger partial charge on any atom is 0.134 e. The summed E-state index contributed by atoms with van der Waals surface area (Å²) in [5.41, 5.74) is 3.69. The van der Waals surface area contributed by atoms with E-state index in [2.05, 4.69) is 41.3 Å². The molecular formula is C15H18ClN3O. The van der Waals surface area contributed by atoms with Crippen molar-refractivity contribution in [1.82, 2.24) is 9.97 Å². The minimum Gasteiger partial charge on any atom is -0.496 e. The third-order valence-electron chi connectivity index (χ3n) is 3.23. The van der Waals surface area contributed by atoms with Crippen molar-refractivity contribution in [3.63, 3.8) is 0 Å². The Morgan fingerprint density at radius 1 is 1.15 bits per heavy atom. The van der Waals surface area contributed by atoms with Gasteiger partial charge in [0.05, 0.1) is 7.11 Å². The van der Waals surface area contributed by atoms with Crippen LogP contribution in [-0.4, -0.2) is 23.6 Å². The van der Waals surface area contributed by atoms with Crippen molar-refractivity contribution in [2.75, 3.05) is 19.0 Å². The molecule has 0 radical (unpaired) electrons. The minimum absolute atomic E-state index is 0.436. The van der Waals surface area contributed by atoms with Crippen molar-refractivity contribution in [2.45, 2.75) is 20.3 Å². The van der Waals surface area contributed by atoms with Gasteiger partial charge in [0.2, 0.25) is 0 Å². The zero-order chi connectivity index (χ0) is 14.5. The van der Waals surface area contributed by atoms with Crippen molar-refractivity contribution >= 4 is 17.4 Å². The largest absolute Gasteiger partial charge is 0.496 e. The minimum atomic E-state index is 0.436. The number of nitrogens with zero attached hydrogens (tertiary/aromatic N) is 2. The van der Waals surface area contributed by atoms with Gasteiger partial charge in [-0.05, 0) is 43.0 Å². The van der Waals surface area contributed by atoms with Crippen LogP contribution in [0.1, 0.15) is 16.7 Å². The van der Waals surface area contributed by atoms with Gasteiger partial charge >= 0.3 is 0 Å². The molecule has 0 aliphatic heterocycles. The molecule has 0 bridgehead atoms. The lowest BCUT2D eigenvalue weighted by Crippen LogP contribution is -2.07. The summed E-state index contributed by atoms with van der Waals surface area (Å²) in [6.45, 7) is 4.95. The molecule has 5 heteroatoms. The molecule has 0 saturated carbocycles. The number of halogens is 1. The lowest BCUT2D eigenvalue weighted by atomic mass is 10.0. The highest BCUT2D eigenvalue weighted by molar-refractivity contribution is 6.29. The standard InChI is InChI=1S/C15H18ClN3O/c1-10-6-12(13(20-3)7-11(10)2)4-5-17-15-8-14(16)18-9-19-15/h6-9H,4-5H2,1-3H3,(H,17,18,19). The maximum absolute atomic E-state index is 5.82. The molecule has 0 aliphatic rings. The molecular weight excluding hydrogens is 274 g/mol. The average molecular weight is 292 g/mol. The molecule has 0 unspecified atom stereocenters. The zero-order valence-corrected chi connectivity index (χ0v) is 12.7. The smallest absolute Gasteiger partial charge is 0.134 e. The van der Waals surface area contributed by atoms with Gasteiger partial charge in [0.1, 0.15) is 23.0 Å². The van der Waals surface area contributed by atoms with Crippen LogP contribution in [0.4, 0.5) is 5.82 Å². The molecule has 0 spiro atoms. The van der Waals surface area contributed by atoms with Gasteiger partial charge in [0.25, 0.3) is 0 Å². The van der Waals surface area contributed by atoms with Gasteiger partial charge in [0.15, 0.2) is 0 Å². The first-order valence-corrected chi connectivity index (χ1v) is 6.83. The van der Waals surface area contributed by atoms with Crippen LogP contribution in [0.2, 0.25) is 5.15 Å². The fourth-order valence-corrected chi connectivity index (χ4v) is 2.14. The van der Waals surface area contributed by atoms with Crippen LogP contribution < -0.4 is 10.1 Å². The van der Waals surface area contributed by atoms with Crippen LogP contribution in [0.5, 0.6) is 5.75 Å². The van der Waals surface area contributed by atoms with E-state index in [0.29, 0.717) is 5.15 Å². The Balaban J connectivity index is 2.02. The van der Waals surface area contributed by atoms with Gasteiger partial charge < -0.3 is 10.1 Å². The molecule has 0 fully saturated rings. The molecule has 1 aromatic heterocycles. The van der Waals surface area contributed by atoms with Crippen LogP contribution in [0.25, 0.3) is 0 Å². The first-order chi connectivity index (χ1) is 9.60. The Hall–Kier alpha value is -1.81. The quantitative estimate of drug-likeness (QED) is 0.858. The molecule has 1 aromatic carbocycles. The van der Waals surface area contributed by atoms with Gasteiger partial charge in [-0.2, -0.15) is 0 Å². The molecule has 1 heterocycles. The van der Waals surface area contributed by atoms with Crippen molar-refractivity contribution in [2.24, 2.45) is 0 Å². The fourth-order valence-electron chi connectivity index (χ4n) is 1.99. The monoisotopic (exact) mass is 291 g/mol. The number of nitrogens with one attached hydrogen (secondary N) is 1. The summed E-state index contributed by atoms with van der Waals surface area (Å²) in [6.07, 6.45) is 2.30. The molecule has 4 nitrogen and oxygen atoms in total.